The Kier molecular flexibility index (Phi) is 5.70. The van der Waals surface area contributed by atoms with Gasteiger partial charge in [-0.05, 0) is 35.7 Å². The van der Waals surface area contributed by atoms with Gasteiger partial charge in [0, 0.05) is 5.56 Å². The third kappa shape index (κ3) is 3.98. The number of aliphatic hydroxyl groups excluding tert-OH is 1. The van der Waals surface area contributed by atoms with Crippen molar-refractivity contribution < 1.29 is 24.6 Å². The molecule has 0 bridgehead atoms. The van der Waals surface area contributed by atoms with E-state index in [1.54, 1.807) is 22.8 Å². The maximum atomic E-state index is 11.8. The average Bonchev–Trinajstić information content (AvgIpc) is 3.43. The summed E-state index contributed by atoms with van der Waals surface area (Å²) >= 11 is 0. The molecule has 1 aliphatic heterocycles. The van der Waals surface area contributed by atoms with Gasteiger partial charge in [-0.3, -0.25) is 4.57 Å². The first-order valence-electron chi connectivity index (χ1n) is 10.8. The zero-order valence-electron chi connectivity index (χ0n) is 18.3. The molecule has 1 atom stereocenters. The van der Waals surface area contributed by atoms with Crippen molar-refractivity contribution in [3.05, 3.63) is 83.4 Å². The van der Waals surface area contributed by atoms with Gasteiger partial charge < -0.3 is 14.9 Å². The molecule has 3 aromatic carbocycles. The van der Waals surface area contributed by atoms with Crippen molar-refractivity contribution >= 4 is 22.8 Å². The third-order valence-electron chi connectivity index (χ3n) is 5.52. The molecule has 1 unspecified atom stereocenters. The SMILES string of the molecule is CCOc1nc2cccc(C(=O)O)c2n1Cc1ccc(-c2ccccc2C2=NC(O)ON2)cc1. The van der Waals surface area contributed by atoms with Crippen molar-refractivity contribution in [3.63, 3.8) is 0 Å². The van der Waals surface area contributed by atoms with Gasteiger partial charge in [-0.15, -0.1) is 0 Å². The van der Waals surface area contributed by atoms with Crippen molar-refractivity contribution in [1.82, 2.24) is 15.0 Å². The molecule has 3 N–H and O–H groups in total. The van der Waals surface area contributed by atoms with Crippen LogP contribution in [0.1, 0.15) is 28.4 Å². The standard InChI is InChI=1S/C25H22N4O5/c1-2-33-24-26-20-9-5-8-19(23(30)31)21(20)29(24)14-15-10-12-16(13-11-15)17-6-3-4-7-18(17)22-27-25(32)34-28-22/h3-13,25,32H,2,14H2,1H3,(H,27,28)(H,30,31). The molecule has 34 heavy (non-hydrogen) atoms. The average molecular weight is 458 g/mol. The van der Waals surface area contributed by atoms with E-state index in [-0.39, 0.29) is 5.56 Å². The van der Waals surface area contributed by atoms with Crippen molar-refractivity contribution in [1.29, 1.82) is 0 Å². The highest BCUT2D eigenvalue weighted by molar-refractivity contribution is 6.04. The summed E-state index contributed by atoms with van der Waals surface area (Å²) in [6, 6.07) is 21.0. The van der Waals surface area contributed by atoms with Gasteiger partial charge >= 0.3 is 5.97 Å². The molecular weight excluding hydrogens is 436 g/mol. The minimum atomic E-state index is -1.23. The molecule has 4 aromatic rings. The van der Waals surface area contributed by atoms with Gasteiger partial charge in [0.1, 0.15) is 0 Å². The van der Waals surface area contributed by atoms with Gasteiger partial charge in [0.15, 0.2) is 5.84 Å². The molecule has 1 aromatic heterocycles. The lowest BCUT2D eigenvalue weighted by Gasteiger charge is -2.12. The summed E-state index contributed by atoms with van der Waals surface area (Å²) in [7, 11) is 0. The van der Waals surface area contributed by atoms with Crippen molar-refractivity contribution in [2.75, 3.05) is 6.61 Å². The number of hydrogen-bond donors (Lipinski definition) is 3. The molecule has 0 radical (unpaired) electrons. The van der Waals surface area contributed by atoms with Crippen LogP contribution < -0.4 is 10.2 Å². The maximum absolute atomic E-state index is 11.8. The molecule has 9 nitrogen and oxygen atoms in total. The largest absolute Gasteiger partial charge is 0.478 e. The van der Waals surface area contributed by atoms with Crippen molar-refractivity contribution in [3.8, 4) is 17.1 Å². The summed E-state index contributed by atoms with van der Waals surface area (Å²) in [6.45, 7) is 2.67. The minimum absolute atomic E-state index is 0.177. The van der Waals surface area contributed by atoms with Crippen LogP contribution in [0.15, 0.2) is 71.7 Å². The lowest BCUT2D eigenvalue weighted by molar-refractivity contribution is -0.102. The summed E-state index contributed by atoms with van der Waals surface area (Å²) in [5.41, 5.74) is 7.56. The topological polar surface area (TPSA) is 118 Å². The van der Waals surface area contributed by atoms with Crippen LogP contribution in [-0.2, 0) is 11.4 Å². The Bertz CT molecular complexity index is 1390. The van der Waals surface area contributed by atoms with E-state index in [9.17, 15) is 15.0 Å². The van der Waals surface area contributed by atoms with Crippen LogP contribution in [-0.4, -0.2) is 44.6 Å². The number of aliphatic imine (C=N–C) groups is 1. The first-order valence-corrected chi connectivity index (χ1v) is 10.8. The van der Waals surface area contributed by atoms with Gasteiger partial charge in [0.2, 0.25) is 0 Å². The Labute approximate surface area is 194 Å². The van der Waals surface area contributed by atoms with Crippen LogP contribution in [0.5, 0.6) is 6.01 Å². The molecule has 2 heterocycles. The Hall–Kier alpha value is -4.21. The first-order chi connectivity index (χ1) is 16.5. The lowest BCUT2D eigenvalue weighted by atomic mass is 9.98. The Morgan fingerprint density at radius 2 is 1.85 bits per heavy atom. The highest BCUT2D eigenvalue weighted by Crippen LogP contribution is 2.28. The number of carboxylic acid groups (broad SMARTS) is 1. The summed E-state index contributed by atoms with van der Waals surface area (Å²) < 4.78 is 7.50. The molecular formula is C25H22N4O5. The second-order valence-electron chi connectivity index (χ2n) is 7.66. The number of hydroxylamine groups is 1. The number of rotatable bonds is 7. The zero-order valence-corrected chi connectivity index (χ0v) is 18.3. The number of nitrogens with zero attached hydrogens (tertiary/aromatic N) is 3. The number of benzene rings is 3. The molecule has 172 valence electrons. The smallest absolute Gasteiger partial charge is 0.337 e. The number of carbonyl (C=O) groups is 1. The van der Waals surface area contributed by atoms with Crippen molar-refractivity contribution in [2.45, 2.75) is 19.9 Å². The highest BCUT2D eigenvalue weighted by Gasteiger charge is 2.20. The van der Waals surface area contributed by atoms with Crippen LogP contribution in [0.3, 0.4) is 0 Å². The number of amidine groups is 1. The van der Waals surface area contributed by atoms with E-state index in [2.05, 4.69) is 15.5 Å². The van der Waals surface area contributed by atoms with Crippen LogP contribution in [0, 0.1) is 0 Å². The number of aromatic nitrogens is 2. The number of fused-ring (bicyclic) bond motifs is 1. The molecule has 1 aliphatic rings. The monoisotopic (exact) mass is 458 g/mol. The van der Waals surface area contributed by atoms with E-state index in [1.165, 1.54) is 0 Å². The second-order valence-corrected chi connectivity index (χ2v) is 7.66. The van der Waals surface area contributed by atoms with Gasteiger partial charge in [-0.25, -0.2) is 20.1 Å². The molecule has 9 heteroatoms. The molecule has 5 rings (SSSR count). The molecule has 0 amide bonds. The Morgan fingerprint density at radius 3 is 2.53 bits per heavy atom. The number of imidazole rings is 1. The van der Waals surface area contributed by atoms with Crippen LogP contribution in [0.2, 0.25) is 0 Å². The predicted molar refractivity (Wildman–Crippen MR) is 126 cm³/mol. The minimum Gasteiger partial charge on any atom is -0.478 e. The summed E-state index contributed by atoms with van der Waals surface area (Å²) in [5, 5.41) is 19.2. The van der Waals surface area contributed by atoms with Crippen LogP contribution in [0.25, 0.3) is 22.2 Å². The van der Waals surface area contributed by atoms with E-state index in [0.717, 1.165) is 22.3 Å². The van der Waals surface area contributed by atoms with E-state index >= 15 is 0 Å². The lowest BCUT2D eigenvalue weighted by Crippen LogP contribution is -2.19. The Balaban J connectivity index is 1.50. The number of aromatic carboxylic acids is 1. The molecule has 0 fully saturated rings. The van der Waals surface area contributed by atoms with E-state index in [4.69, 9.17) is 9.57 Å². The molecule has 0 aliphatic carbocycles. The number of nitrogens with one attached hydrogen (secondary N) is 1. The second kappa shape index (κ2) is 8.97. The predicted octanol–water partition coefficient (Wildman–Crippen LogP) is 3.41. The first kappa shape index (κ1) is 21.6. The van der Waals surface area contributed by atoms with Crippen molar-refractivity contribution in [2.24, 2.45) is 4.99 Å². The van der Waals surface area contributed by atoms with Crippen LogP contribution >= 0.6 is 0 Å². The summed E-state index contributed by atoms with van der Waals surface area (Å²) in [4.78, 5) is 25.3. The zero-order chi connectivity index (χ0) is 23.7. The number of carboxylic acids is 1. The quantitative estimate of drug-likeness (QED) is 0.388. The third-order valence-corrected chi connectivity index (χ3v) is 5.52. The molecule has 0 saturated carbocycles. The van der Waals surface area contributed by atoms with E-state index in [1.807, 2.05) is 55.5 Å². The molecule has 0 saturated heterocycles. The molecule has 0 spiro atoms. The number of aliphatic hydroxyl groups is 1. The maximum Gasteiger partial charge on any atom is 0.337 e. The number of ether oxygens (including phenoxy) is 1. The van der Waals surface area contributed by atoms with Gasteiger partial charge in [-0.2, -0.15) is 4.98 Å². The van der Waals surface area contributed by atoms with E-state index < -0.39 is 12.4 Å². The van der Waals surface area contributed by atoms with E-state index in [0.29, 0.717) is 36.0 Å². The van der Waals surface area contributed by atoms with Gasteiger partial charge in [-0.1, -0.05) is 54.6 Å². The van der Waals surface area contributed by atoms with Crippen LogP contribution in [0.4, 0.5) is 0 Å². The summed E-state index contributed by atoms with van der Waals surface area (Å²) in [5.74, 6) is -0.557. The number of hydrogen-bond acceptors (Lipinski definition) is 7. The van der Waals surface area contributed by atoms with Gasteiger partial charge in [0.25, 0.3) is 12.4 Å². The normalized spacial score (nSPS) is 15.2. The van der Waals surface area contributed by atoms with Gasteiger partial charge in [0.05, 0.1) is 29.7 Å². The fourth-order valence-corrected chi connectivity index (χ4v) is 4.03. The number of para-hydroxylation sites is 1. The highest BCUT2D eigenvalue weighted by atomic mass is 16.7. The fraction of sp³-hybridized carbons (Fsp3) is 0.160. The Morgan fingerprint density at radius 1 is 1.09 bits per heavy atom. The summed E-state index contributed by atoms with van der Waals surface area (Å²) in [6.07, 6.45) is -1.23. The fourth-order valence-electron chi connectivity index (χ4n) is 4.03.